The average Bonchev–Trinajstić information content (AvgIpc) is 3.00. The van der Waals surface area contributed by atoms with E-state index < -0.39 is 5.97 Å². The van der Waals surface area contributed by atoms with Crippen molar-refractivity contribution in [3.05, 3.63) is 136 Å². The second-order valence-electron chi connectivity index (χ2n) is 10.5. The zero-order chi connectivity index (χ0) is 28.8. The van der Waals surface area contributed by atoms with Gasteiger partial charge in [0.15, 0.2) is 0 Å². The molecule has 0 saturated carbocycles. The Labute approximate surface area is 242 Å². The van der Waals surface area contributed by atoms with Gasteiger partial charge in [-0.3, -0.25) is 4.79 Å². The van der Waals surface area contributed by atoms with Crippen LogP contribution in [0.15, 0.2) is 97.1 Å². The Bertz CT molecular complexity index is 1560. The first kappa shape index (κ1) is 27.9. The van der Waals surface area contributed by atoms with Crippen molar-refractivity contribution >= 4 is 29.2 Å². The molecule has 0 saturated heterocycles. The number of aryl methyl sites for hydroxylation is 2. The van der Waals surface area contributed by atoms with Crippen molar-refractivity contribution in [1.82, 2.24) is 5.32 Å². The summed E-state index contributed by atoms with van der Waals surface area (Å²) in [6.07, 6.45) is 13.3. The molecule has 208 valence electrons. The lowest BCUT2D eigenvalue weighted by molar-refractivity contribution is -0.132. The number of nitrogens with one attached hydrogen (secondary N) is 1. The molecule has 5 nitrogen and oxygen atoms in total. The van der Waals surface area contributed by atoms with Gasteiger partial charge >= 0.3 is 5.97 Å². The molecule has 0 bridgehead atoms. The first-order valence-corrected chi connectivity index (χ1v) is 14.2. The molecule has 0 unspecified atom stereocenters. The number of fused-ring (bicyclic) bond motifs is 2. The molecule has 5 rings (SSSR count). The maximum absolute atomic E-state index is 13.1. The second-order valence-corrected chi connectivity index (χ2v) is 10.5. The van der Waals surface area contributed by atoms with Crippen LogP contribution in [-0.4, -0.2) is 23.5 Å². The van der Waals surface area contributed by atoms with Crippen LogP contribution < -0.4 is 10.2 Å². The van der Waals surface area contributed by atoms with E-state index in [0.29, 0.717) is 17.7 Å². The maximum atomic E-state index is 13.1. The number of nitrogens with zero attached hydrogens (tertiary/aromatic N) is 1. The summed E-state index contributed by atoms with van der Waals surface area (Å²) in [7, 11) is 0. The van der Waals surface area contributed by atoms with E-state index in [0.717, 1.165) is 61.2 Å². The Morgan fingerprint density at radius 1 is 1.02 bits per heavy atom. The standard InChI is InChI=1S/C36H36N2O3/c1-3-9-33(36(40)41)31(4-2)27-17-15-25(16-18-27)24-38-21-8-13-28-22-29(19-20-34(28)38)35(39)37-23-30-12-7-11-26-10-5-6-14-32(26)30/h3-4,6-7,9,11-12,14-20,22H,1,5,8,10,13,21,23-24H2,2H3,(H,37,39)(H,40,41)/b31-4-,33-9+. The van der Waals surface area contributed by atoms with Crippen LogP contribution in [0.25, 0.3) is 11.6 Å². The molecule has 3 aromatic carbocycles. The van der Waals surface area contributed by atoms with E-state index in [-0.39, 0.29) is 11.5 Å². The molecule has 3 aromatic rings. The summed E-state index contributed by atoms with van der Waals surface area (Å²) in [5.74, 6) is -1.03. The van der Waals surface area contributed by atoms with Crippen LogP contribution >= 0.6 is 0 Å². The normalized spacial score (nSPS) is 14.7. The van der Waals surface area contributed by atoms with Crippen LogP contribution in [0.1, 0.15) is 63.5 Å². The first-order valence-electron chi connectivity index (χ1n) is 14.2. The van der Waals surface area contributed by atoms with Crippen molar-refractivity contribution < 1.29 is 14.7 Å². The van der Waals surface area contributed by atoms with Crippen molar-refractivity contribution in [1.29, 1.82) is 0 Å². The smallest absolute Gasteiger partial charge is 0.336 e. The summed E-state index contributed by atoms with van der Waals surface area (Å²) in [6, 6.07) is 20.4. The highest BCUT2D eigenvalue weighted by Crippen LogP contribution is 2.31. The number of benzene rings is 3. The van der Waals surface area contributed by atoms with Gasteiger partial charge in [0.1, 0.15) is 0 Å². The predicted molar refractivity (Wildman–Crippen MR) is 167 cm³/mol. The molecular weight excluding hydrogens is 508 g/mol. The highest BCUT2D eigenvalue weighted by atomic mass is 16.4. The SMILES string of the molecule is C=C/C=C(C(=O)O)\C(=C/C)c1ccc(CN2CCCc3cc(C(=O)NCc4cccc5c4C=CCC5)ccc32)cc1. The monoisotopic (exact) mass is 544 g/mol. The van der Waals surface area contributed by atoms with Crippen molar-refractivity contribution in [2.45, 2.75) is 45.7 Å². The van der Waals surface area contributed by atoms with Crippen LogP contribution in [0.3, 0.4) is 0 Å². The Balaban J connectivity index is 1.27. The minimum atomic E-state index is -0.976. The molecule has 2 aliphatic rings. The van der Waals surface area contributed by atoms with Crippen LogP contribution in [0.5, 0.6) is 0 Å². The molecule has 0 atom stereocenters. The summed E-state index contributed by atoms with van der Waals surface area (Å²) >= 11 is 0. The molecule has 1 amide bonds. The lowest BCUT2D eigenvalue weighted by Gasteiger charge is -2.32. The molecule has 5 heteroatoms. The van der Waals surface area contributed by atoms with Gasteiger partial charge in [0, 0.05) is 30.9 Å². The van der Waals surface area contributed by atoms with Gasteiger partial charge in [0.05, 0.1) is 5.57 Å². The highest BCUT2D eigenvalue weighted by Gasteiger charge is 2.20. The summed E-state index contributed by atoms with van der Waals surface area (Å²) in [4.78, 5) is 27.2. The molecule has 1 heterocycles. The minimum Gasteiger partial charge on any atom is -0.478 e. The van der Waals surface area contributed by atoms with Gasteiger partial charge in [-0.05, 0) is 95.8 Å². The molecule has 1 aliphatic heterocycles. The molecular formula is C36H36N2O3. The number of aliphatic carboxylic acids is 1. The number of carbonyl (C=O) groups excluding carboxylic acids is 1. The summed E-state index contributed by atoms with van der Waals surface area (Å²) in [5, 5.41) is 12.7. The molecule has 41 heavy (non-hydrogen) atoms. The summed E-state index contributed by atoms with van der Waals surface area (Å²) in [5.41, 5.74) is 9.67. The quantitative estimate of drug-likeness (QED) is 0.222. The molecule has 0 fully saturated rings. The zero-order valence-corrected chi connectivity index (χ0v) is 23.5. The van der Waals surface area contributed by atoms with E-state index in [9.17, 15) is 14.7 Å². The predicted octanol–water partition coefficient (Wildman–Crippen LogP) is 7.13. The number of carboxylic acid groups (broad SMARTS) is 1. The molecule has 0 radical (unpaired) electrons. The third kappa shape index (κ3) is 6.25. The van der Waals surface area contributed by atoms with Crippen LogP contribution in [0, 0.1) is 0 Å². The lowest BCUT2D eigenvalue weighted by atomic mass is 9.93. The van der Waals surface area contributed by atoms with E-state index in [1.165, 1.54) is 28.8 Å². The fraction of sp³-hybridized carbons (Fsp3) is 0.222. The van der Waals surface area contributed by atoms with Gasteiger partial charge in [-0.25, -0.2) is 4.79 Å². The molecule has 2 N–H and O–H groups in total. The third-order valence-corrected chi connectivity index (χ3v) is 7.88. The number of carboxylic acids is 1. The number of hydrogen-bond acceptors (Lipinski definition) is 3. The van der Waals surface area contributed by atoms with Gasteiger partial charge < -0.3 is 15.3 Å². The first-order chi connectivity index (χ1) is 20.0. The molecule has 1 aliphatic carbocycles. The van der Waals surface area contributed by atoms with Crippen molar-refractivity contribution in [3.63, 3.8) is 0 Å². The maximum Gasteiger partial charge on any atom is 0.336 e. The van der Waals surface area contributed by atoms with Crippen molar-refractivity contribution in [2.24, 2.45) is 0 Å². The minimum absolute atomic E-state index is 0.0519. The Hall–Kier alpha value is -4.64. The molecule has 0 spiro atoms. The fourth-order valence-corrected chi connectivity index (χ4v) is 5.83. The van der Waals surface area contributed by atoms with E-state index in [4.69, 9.17) is 0 Å². The number of amides is 1. The Morgan fingerprint density at radius 3 is 2.59 bits per heavy atom. The Kier molecular flexibility index (Phi) is 8.64. The second kappa shape index (κ2) is 12.7. The summed E-state index contributed by atoms with van der Waals surface area (Å²) in [6.45, 7) is 7.68. The van der Waals surface area contributed by atoms with Gasteiger partial charge in [0.2, 0.25) is 0 Å². The van der Waals surface area contributed by atoms with E-state index in [2.05, 4.69) is 65.3 Å². The lowest BCUT2D eigenvalue weighted by Crippen LogP contribution is -2.29. The van der Waals surface area contributed by atoms with Gasteiger partial charge in [-0.1, -0.05) is 73.3 Å². The van der Waals surface area contributed by atoms with E-state index in [1.54, 1.807) is 0 Å². The van der Waals surface area contributed by atoms with Gasteiger partial charge in [0.25, 0.3) is 5.91 Å². The average molecular weight is 545 g/mol. The van der Waals surface area contributed by atoms with E-state index in [1.807, 2.05) is 37.3 Å². The van der Waals surface area contributed by atoms with Gasteiger partial charge in [-0.2, -0.15) is 0 Å². The van der Waals surface area contributed by atoms with Crippen molar-refractivity contribution in [3.8, 4) is 0 Å². The number of rotatable bonds is 9. The van der Waals surface area contributed by atoms with Crippen molar-refractivity contribution in [2.75, 3.05) is 11.4 Å². The largest absolute Gasteiger partial charge is 0.478 e. The number of anilines is 1. The topological polar surface area (TPSA) is 69.6 Å². The number of carbonyl (C=O) groups is 2. The summed E-state index contributed by atoms with van der Waals surface area (Å²) < 4.78 is 0. The Morgan fingerprint density at radius 2 is 1.83 bits per heavy atom. The zero-order valence-electron chi connectivity index (χ0n) is 23.5. The number of allylic oxidation sites excluding steroid dienone is 4. The molecule has 0 aromatic heterocycles. The number of hydrogen-bond donors (Lipinski definition) is 2. The van der Waals surface area contributed by atoms with E-state index >= 15 is 0 Å². The third-order valence-electron chi connectivity index (χ3n) is 7.88. The van der Waals surface area contributed by atoms with Crippen LogP contribution in [-0.2, 0) is 30.7 Å². The van der Waals surface area contributed by atoms with Crippen LogP contribution in [0.4, 0.5) is 5.69 Å². The van der Waals surface area contributed by atoms with Crippen LogP contribution in [0.2, 0.25) is 0 Å². The van der Waals surface area contributed by atoms with Gasteiger partial charge in [-0.15, -0.1) is 0 Å². The fourth-order valence-electron chi connectivity index (χ4n) is 5.83. The highest BCUT2D eigenvalue weighted by molar-refractivity contribution is 6.05.